The van der Waals surface area contributed by atoms with Crippen molar-refractivity contribution >= 4 is 11.8 Å². The number of aromatic hydroxyl groups is 1. The molecule has 1 aliphatic heterocycles. The standard InChI is InChI=1S/C13H15FN2O3/c14-9-1-2-11(17)10(7-9)13(19)16-5-3-8(4-6-16)12(15)18/h1-2,7-8,17H,3-6H2,(H2,15,18). The normalized spacial score (nSPS) is 16.4. The molecule has 1 aromatic carbocycles. The van der Waals surface area contributed by atoms with Crippen molar-refractivity contribution in [3.05, 3.63) is 29.6 Å². The van der Waals surface area contributed by atoms with Crippen LogP contribution in [0.1, 0.15) is 23.2 Å². The van der Waals surface area contributed by atoms with E-state index in [2.05, 4.69) is 0 Å². The SMILES string of the molecule is NC(=O)C1CCN(C(=O)c2cc(F)ccc2O)CC1. The molecule has 102 valence electrons. The lowest BCUT2D eigenvalue weighted by molar-refractivity contribution is -0.123. The average molecular weight is 266 g/mol. The molecule has 6 heteroatoms. The third-order valence-electron chi connectivity index (χ3n) is 3.37. The number of likely N-dealkylation sites (tertiary alicyclic amines) is 1. The number of phenols is 1. The number of hydrogen-bond acceptors (Lipinski definition) is 3. The molecule has 1 heterocycles. The molecule has 1 saturated heterocycles. The predicted molar refractivity (Wildman–Crippen MR) is 65.9 cm³/mol. The van der Waals surface area contributed by atoms with Crippen LogP contribution in [0.3, 0.4) is 0 Å². The Labute approximate surface area is 109 Å². The first kappa shape index (κ1) is 13.3. The number of carbonyl (C=O) groups excluding carboxylic acids is 2. The molecule has 0 saturated carbocycles. The van der Waals surface area contributed by atoms with Gasteiger partial charge in [0.15, 0.2) is 0 Å². The van der Waals surface area contributed by atoms with Crippen LogP contribution < -0.4 is 5.73 Å². The first-order valence-electron chi connectivity index (χ1n) is 6.06. The summed E-state index contributed by atoms with van der Waals surface area (Å²) in [5, 5.41) is 9.59. The number of hydrogen-bond donors (Lipinski definition) is 2. The van der Waals surface area contributed by atoms with Gasteiger partial charge >= 0.3 is 0 Å². The van der Waals surface area contributed by atoms with E-state index in [-0.39, 0.29) is 23.1 Å². The highest BCUT2D eigenvalue weighted by molar-refractivity contribution is 5.97. The summed E-state index contributed by atoms with van der Waals surface area (Å²) in [5.41, 5.74) is 5.15. The van der Waals surface area contributed by atoms with E-state index in [9.17, 15) is 19.1 Å². The van der Waals surface area contributed by atoms with Gasteiger partial charge in [0.1, 0.15) is 11.6 Å². The van der Waals surface area contributed by atoms with Crippen LogP contribution in [0.5, 0.6) is 5.75 Å². The van der Waals surface area contributed by atoms with Crippen LogP contribution in [0.25, 0.3) is 0 Å². The Morgan fingerprint density at radius 2 is 1.95 bits per heavy atom. The number of phenolic OH excluding ortho intramolecular Hbond substituents is 1. The van der Waals surface area contributed by atoms with Gasteiger partial charge in [-0.3, -0.25) is 9.59 Å². The highest BCUT2D eigenvalue weighted by atomic mass is 19.1. The molecule has 1 aliphatic rings. The second-order valence-electron chi connectivity index (χ2n) is 4.63. The molecule has 0 unspecified atom stereocenters. The highest BCUT2D eigenvalue weighted by Gasteiger charge is 2.27. The molecule has 0 bridgehead atoms. The number of nitrogens with two attached hydrogens (primary N) is 1. The molecule has 1 fully saturated rings. The van der Waals surface area contributed by atoms with Crippen molar-refractivity contribution in [2.75, 3.05) is 13.1 Å². The van der Waals surface area contributed by atoms with Crippen LogP contribution >= 0.6 is 0 Å². The fourth-order valence-electron chi connectivity index (χ4n) is 2.22. The lowest BCUT2D eigenvalue weighted by Gasteiger charge is -2.30. The molecule has 0 aliphatic carbocycles. The van der Waals surface area contributed by atoms with Crippen molar-refractivity contribution in [3.8, 4) is 5.75 Å². The number of rotatable bonds is 2. The second kappa shape index (κ2) is 5.26. The van der Waals surface area contributed by atoms with E-state index in [1.54, 1.807) is 0 Å². The van der Waals surface area contributed by atoms with Crippen LogP contribution in [0, 0.1) is 11.7 Å². The molecule has 1 aromatic rings. The van der Waals surface area contributed by atoms with Gasteiger partial charge in [0.25, 0.3) is 5.91 Å². The lowest BCUT2D eigenvalue weighted by atomic mass is 9.96. The zero-order chi connectivity index (χ0) is 14.0. The van der Waals surface area contributed by atoms with Crippen molar-refractivity contribution < 1.29 is 19.1 Å². The van der Waals surface area contributed by atoms with E-state index >= 15 is 0 Å². The number of carbonyl (C=O) groups is 2. The molecule has 3 N–H and O–H groups in total. The van der Waals surface area contributed by atoms with Gasteiger partial charge in [0.05, 0.1) is 5.56 Å². The molecule has 0 spiro atoms. The summed E-state index contributed by atoms with van der Waals surface area (Å²) in [7, 11) is 0. The maximum Gasteiger partial charge on any atom is 0.257 e. The Hall–Kier alpha value is -2.11. The quantitative estimate of drug-likeness (QED) is 0.833. The van der Waals surface area contributed by atoms with Gasteiger partial charge in [-0.25, -0.2) is 4.39 Å². The fraction of sp³-hybridized carbons (Fsp3) is 0.385. The molecule has 19 heavy (non-hydrogen) atoms. The summed E-state index contributed by atoms with van der Waals surface area (Å²) in [6.45, 7) is 0.755. The molecule has 5 nitrogen and oxygen atoms in total. The van der Waals surface area contributed by atoms with Crippen molar-refractivity contribution in [1.82, 2.24) is 4.90 Å². The predicted octanol–water partition coefficient (Wildman–Crippen LogP) is 0.869. The molecular formula is C13H15FN2O3. The van der Waals surface area contributed by atoms with Gasteiger partial charge in [-0.2, -0.15) is 0 Å². The van der Waals surface area contributed by atoms with Crippen molar-refractivity contribution in [2.24, 2.45) is 11.7 Å². The zero-order valence-corrected chi connectivity index (χ0v) is 10.3. The van der Waals surface area contributed by atoms with E-state index < -0.39 is 11.7 Å². The third kappa shape index (κ3) is 2.83. The summed E-state index contributed by atoms with van der Waals surface area (Å²) >= 11 is 0. The van der Waals surface area contributed by atoms with Crippen molar-refractivity contribution in [1.29, 1.82) is 0 Å². The third-order valence-corrected chi connectivity index (χ3v) is 3.37. The molecular weight excluding hydrogens is 251 g/mol. The Kier molecular flexibility index (Phi) is 3.69. The van der Waals surface area contributed by atoms with Gasteiger partial charge in [0, 0.05) is 19.0 Å². The van der Waals surface area contributed by atoms with Crippen LogP contribution in [-0.4, -0.2) is 34.9 Å². The van der Waals surface area contributed by atoms with E-state index in [0.29, 0.717) is 25.9 Å². The summed E-state index contributed by atoms with van der Waals surface area (Å²) in [6.07, 6.45) is 0.994. The highest BCUT2D eigenvalue weighted by Crippen LogP contribution is 2.23. The smallest absolute Gasteiger partial charge is 0.257 e. The van der Waals surface area contributed by atoms with Crippen LogP contribution in [-0.2, 0) is 4.79 Å². The molecule has 2 rings (SSSR count). The number of primary amides is 1. The van der Waals surface area contributed by atoms with Crippen LogP contribution in [0.2, 0.25) is 0 Å². The summed E-state index contributed by atoms with van der Waals surface area (Å²) < 4.78 is 13.1. The number of amides is 2. The molecule has 0 radical (unpaired) electrons. The van der Waals surface area contributed by atoms with E-state index in [1.807, 2.05) is 0 Å². The van der Waals surface area contributed by atoms with Crippen molar-refractivity contribution in [3.63, 3.8) is 0 Å². The average Bonchev–Trinajstić information content (AvgIpc) is 2.41. The topological polar surface area (TPSA) is 83.6 Å². The van der Waals surface area contributed by atoms with Crippen LogP contribution in [0.15, 0.2) is 18.2 Å². The van der Waals surface area contributed by atoms with Gasteiger partial charge < -0.3 is 15.7 Å². The van der Waals surface area contributed by atoms with E-state index in [0.717, 1.165) is 18.2 Å². The Morgan fingerprint density at radius 1 is 1.32 bits per heavy atom. The maximum absolute atomic E-state index is 13.1. The maximum atomic E-state index is 13.1. The minimum Gasteiger partial charge on any atom is -0.507 e. The number of piperidine rings is 1. The van der Waals surface area contributed by atoms with Gasteiger partial charge in [-0.1, -0.05) is 0 Å². The minimum atomic E-state index is -0.576. The first-order chi connectivity index (χ1) is 8.99. The molecule has 0 aromatic heterocycles. The largest absolute Gasteiger partial charge is 0.507 e. The van der Waals surface area contributed by atoms with Crippen LogP contribution in [0.4, 0.5) is 4.39 Å². The van der Waals surface area contributed by atoms with Gasteiger partial charge in [0.2, 0.25) is 5.91 Å². The lowest BCUT2D eigenvalue weighted by Crippen LogP contribution is -2.41. The first-order valence-corrected chi connectivity index (χ1v) is 6.06. The van der Waals surface area contributed by atoms with Gasteiger partial charge in [-0.15, -0.1) is 0 Å². The number of halogens is 1. The molecule has 0 atom stereocenters. The fourth-order valence-corrected chi connectivity index (χ4v) is 2.22. The minimum absolute atomic E-state index is 0.0578. The van der Waals surface area contributed by atoms with Crippen molar-refractivity contribution in [2.45, 2.75) is 12.8 Å². The molecule has 2 amide bonds. The Morgan fingerprint density at radius 3 is 2.53 bits per heavy atom. The Balaban J connectivity index is 2.09. The summed E-state index contributed by atoms with van der Waals surface area (Å²) in [5.74, 6) is -1.83. The van der Waals surface area contributed by atoms with E-state index in [4.69, 9.17) is 5.73 Å². The monoisotopic (exact) mass is 266 g/mol. The zero-order valence-electron chi connectivity index (χ0n) is 10.3. The second-order valence-corrected chi connectivity index (χ2v) is 4.63. The Bertz CT molecular complexity index is 511. The number of nitrogens with zero attached hydrogens (tertiary/aromatic N) is 1. The summed E-state index contributed by atoms with van der Waals surface area (Å²) in [4.78, 5) is 24.7. The van der Waals surface area contributed by atoms with E-state index in [1.165, 1.54) is 4.90 Å². The van der Waals surface area contributed by atoms with Gasteiger partial charge in [-0.05, 0) is 31.0 Å². The summed E-state index contributed by atoms with van der Waals surface area (Å²) in [6, 6.07) is 3.25. The number of benzene rings is 1.